The molecule has 25 heavy (non-hydrogen) atoms. The van der Waals surface area contributed by atoms with Gasteiger partial charge in [0.05, 0.1) is 12.2 Å². The summed E-state index contributed by atoms with van der Waals surface area (Å²) in [5.41, 5.74) is 5.18. The first-order chi connectivity index (χ1) is 12.0. The van der Waals surface area contributed by atoms with E-state index < -0.39 is 0 Å². The molecule has 6 nitrogen and oxygen atoms in total. The Kier molecular flexibility index (Phi) is 5.16. The fourth-order valence-corrected chi connectivity index (χ4v) is 3.11. The van der Waals surface area contributed by atoms with Crippen molar-refractivity contribution in [2.24, 2.45) is 0 Å². The van der Waals surface area contributed by atoms with E-state index in [1.807, 2.05) is 31.2 Å². The number of hydrogen-bond acceptors (Lipinski definition) is 3. The Labute approximate surface area is 147 Å². The Balaban J connectivity index is 1.54. The van der Waals surface area contributed by atoms with Crippen molar-refractivity contribution in [2.75, 3.05) is 12.4 Å². The zero-order chi connectivity index (χ0) is 17.8. The fourth-order valence-electron chi connectivity index (χ4n) is 3.11. The summed E-state index contributed by atoms with van der Waals surface area (Å²) in [6.07, 6.45) is 4.21. The number of nitrogens with zero attached hydrogens (tertiary/aromatic N) is 2. The van der Waals surface area contributed by atoms with Crippen LogP contribution >= 0.6 is 0 Å². The second-order valence-corrected chi connectivity index (χ2v) is 6.68. The molecule has 1 heterocycles. The third-order valence-corrected chi connectivity index (χ3v) is 4.60. The molecule has 2 aromatic rings. The van der Waals surface area contributed by atoms with E-state index in [-0.39, 0.29) is 18.2 Å². The largest absolute Gasteiger partial charge is 0.339 e. The van der Waals surface area contributed by atoms with Gasteiger partial charge in [-0.25, -0.2) is 0 Å². The predicted molar refractivity (Wildman–Crippen MR) is 96.1 cm³/mol. The summed E-state index contributed by atoms with van der Waals surface area (Å²) in [5, 5.41) is 10.2. The summed E-state index contributed by atoms with van der Waals surface area (Å²) in [5.74, 6) is -0.512. The molecule has 0 aliphatic heterocycles. The van der Waals surface area contributed by atoms with Crippen LogP contribution in [-0.2, 0) is 29.0 Å². The van der Waals surface area contributed by atoms with Crippen molar-refractivity contribution in [3.63, 3.8) is 0 Å². The second kappa shape index (κ2) is 7.51. The van der Waals surface area contributed by atoms with Crippen molar-refractivity contribution in [1.29, 1.82) is 0 Å². The topological polar surface area (TPSA) is 78.1 Å². The molecule has 0 unspecified atom stereocenters. The highest BCUT2D eigenvalue weighted by molar-refractivity contribution is 6.03. The van der Waals surface area contributed by atoms with Crippen molar-refractivity contribution >= 4 is 17.5 Å². The van der Waals surface area contributed by atoms with E-state index in [1.54, 1.807) is 11.9 Å². The molecule has 1 aromatic carbocycles. The predicted octanol–water partition coefficient (Wildman–Crippen LogP) is 2.58. The number of fused-ring (bicyclic) bond motifs is 1. The number of nitrogens with one attached hydrogen (secondary N) is 2. The highest BCUT2D eigenvalue weighted by atomic mass is 16.2. The van der Waals surface area contributed by atoms with E-state index in [0.29, 0.717) is 12.2 Å². The SMILES string of the molecule is Cc1ccc(NC(=O)CC(=O)N(C)Cc2n[nH]c3c2CCCC3)cc1. The molecular weight excluding hydrogens is 316 g/mol. The van der Waals surface area contributed by atoms with E-state index in [2.05, 4.69) is 15.5 Å². The Morgan fingerprint density at radius 2 is 1.92 bits per heavy atom. The number of aromatic nitrogens is 2. The lowest BCUT2D eigenvalue weighted by Crippen LogP contribution is -2.30. The van der Waals surface area contributed by atoms with E-state index in [9.17, 15) is 9.59 Å². The molecule has 1 aliphatic carbocycles. The number of benzene rings is 1. The molecule has 2 amide bonds. The van der Waals surface area contributed by atoms with E-state index in [1.165, 1.54) is 17.7 Å². The number of anilines is 1. The molecule has 1 aliphatic rings. The van der Waals surface area contributed by atoms with Crippen LogP contribution in [0.1, 0.15) is 41.8 Å². The zero-order valence-corrected chi connectivity index (χ0v) is 14.8. The quantitative estimate of drug-likeness (QED) is 0.821. The first-order valence-electron chi connectivity index (χ1n) is 8.68. The number of carbonyl (C=O) groups excluding carboxylic acids is 2. The summed E-state index contributed by atoms with van der Waals surface area (Å²) < 4.78 is 0. The average Bonchev–Trinajstić information content (AvgIpc) is 3.00. The number of aromatic amines is 1. The molecule has 6 heteroatoms. The van der Waals surface area contributed by atoms with Gasteiger partial charge in [-0.15, -0.1) is 0 Å². The van der Waals surface area contributed by atoms with Crippen LogP contribution in [0.15, 0.2) is 24.3 Å². The number of amides is 2. The molecule has 0 atom stereocenters. The van der Waals surface area contributed by atoms with Gasteiger partial charge in [-0.05, 0) is 50.3 Å². The zero-order valence-electron chi connectivity index (χ0n) is 14.8. The Morgan fingerprint density at radius 1 is 1.20 bits per heavy atom. The number of carbonyl (C=O) groups is 2. The molecule has 132 valence electrons. The van der Waals surface area contributed by atoms with Gasteiger partial charge in [-0.3, -0.25) is 14.7 Å². The van der Waals surface area contributed by atoms with Gasteiger partial charge in [0.15, 0.2) is 0 Å². The molecule has 1 aromatic heterocycles. The minimum atomic E-state index is -0.301. The van der Waals surface area contributed by atoms with E-state index in [4.69, 9.17) is 0 Å². The lowest BCUT2D eigenvalue weighted by molar-refractivity contribution is -0.134. The molecule has 0 bridgehead atoms. The van der Waals surface area contributed by atoms with Gasteiger partial charge in [0.2, 0.25) is 11.8 Å². The molecule has 0 fully saturated rings. The molecule has 3 rings (SSSR count). The van der Waals surface area contributed by atoms with Gasteiger partial charge in [0.25, 0.3) is 0 Å². The third-order valence-electron chi connectivity index (χ3n) is 4.60. The van der Waals surface area contributed by atoms with Crippen molar-refractivity contribution in [3.8, 4) is 0 Å². The molecular formula is C19H24N4O2. The van der Waals surface area contributed by atoms with E-state index in [0.717, 1.165) is 30.5 Å². The van der Waals surface area contributed by atoms with Crippen LogP contribution in [-0.4, -0.2) is 34.0 Å². The summed E-state index contributed by atoms with van der Waals surface area (Å²) in [6, 6.07) is 7.50. The second-order valence-electron chi connectivity index (χ2n) is 6.68. The van der Waals surface area contributed by atoms with Crippen molar-refractivity contribution in [3.05, 3.63) is 46.8 Å². The third kappa shape index (κ3) is 4.26. The Morgan fingerprint density at radius 3 is 2.68 bits per heavy atom. The van der Waals surface area contributed by atoms with Crippen LogP contribution in [0.2, 0.25) is 0 Å². The minimum absolute atomic E-state index is 0.170. The highest BCUT2D eigenvalue weighted by Crippen LogP contribution is 2.23. The van der Waals surface area contributed by atoms with Gasteiger partial charge in [-0.1, -0.05) is 17.7 Å². The van der Waals surface area contributed by atoms with Gasteiger partial charge in [0, 0.05) is 18.4 Å². The van der Waals surface area contributed by atoms with Crippen LogP contribution in [0.5, 0.6) is 0 Å². The van der Waals surface area contributed by atoms with E-state index >= 15 is 0 Å². The molecule has 0 radical (unpaired) electrons. The number of hydrogen-bond donors (Lipinski definition) is 2. The van der Waals surface area contributed by atoms with Crippen LogP contribution in [0.4, 0.5) is 5.69 Å². The first-order valence-corrected chi connectivity index (χ1v) is 8.68. The average molecular weight is 340 g/mol. The summed E-state index contributed by atoms with van der Waals surface area (Å²) in [4.78, 5) is 26.0. The van der Waals surface area contributed by atoms with Crippen LogP contribution in [0, 0.1) is 6.92 Å². The van der Waals surface area contributed by atoms with Gasteiger partial charge < -0.3 is 10.2 Å². The normalized spacial score (nSPS) is 13.2. The maximum Gasteiger partial charge on any atom is 0.233 e. The first kappa shape index (κ1) is 17.2. The van der Waals surface area contributed by atoms with Crippen molar-refractivity contribution in [1.82, 2.24) is 15.1 Å². The summed E-state index contributed by atoms with van der Waals surface area (Å²) in [7, 11) is 1.71. The van der Waals surface area contributed by atoms with Gasteiger partial charge in [-0.2, -0.15) is 5.10 Å². The van der Waals surface area contributed by atoms with Crippen LogP contribution in [0.3, 0.4) is 0 Å². The smallest absolute Gasteiger partial charge is 0.233 e. The van der Waals surface area contributed by atoms with Crippen LogP contribution < -0.4 is 5.32 Å². The van der Waals surface area contributed by atoms with Gasteiger partial charge in [0.1, 0.15) is 6.42 Å². The lowest BCUT2D eigenvalue weighted by Gasteiger charge is -2.18. The molecule has 0 spiro atoms. The number of rotatable bonds is 5. The highest BCUT2D eigenvalue weighted by Gasteiger charge is 2.20. The monoisotopic (exact) mass is 340 g/mol. The molecule has 2 N–H and O–H groups in total. The summed E-state index contributed by atoms with van der Waals surface area (Å²) in [6.45, 7) is 2.42. The number of aryl methyl sites for hydroxylation is 2. The van der Waals surface area contributed by atoms with Gasteiger partial charge >= 0.3 is 0 Å². The maximum atomic E-state index is 12.3. The maximum absolute atomic E-state index is 12.3. The molecule has 0 saturated carbocycles. The fraction of sp³-hybridized carbons (Fsp3) is 0.421. The lowest BCUT2D eigenvalue weighted by atomic mass is 9.96. The van der Waals surface area contributed by atoms with Crippen LogP contribution in [0.25, 0.3) is 0 Å². The van der Waals surface area contributed by atoms with Crippen molar-refractivity contribution in [2.45, 2.75) is 45.6 Å². The summed E-state index contributed by atoms with van der Waals surface area (Å²) >= 11 is 0. The van der Waals surface area contributed by atoms with Crippen molar-refractivity contribution < 1.29 is 9.59 Å². The Bertz CT molecular complexity index is 764. The minimum Gasteiger partial charge on any atom is -0.339 e. The number of H-pyrrole nitrogens is 1. The standard InChI is InChI=1S/C19H24N4O2/c1-13-7-9-14(10-8-13)20-18(24)11-19(25)23(2)12-17-15-5-3-4-6-16(15)21-22-17/h7-10H,3-6,11-12H2,1-2H3,(H,20,24)(H,21,22). The molecule has 0 saturated heterocycles. The Hall–Kier alpha value is -2.63.